The summed E-state index contributed by atoms with van der Waals surface area (Å²) in [5, 5.41) is 9.72. The van der Waals surface area contributed by atoms with E-state index in [1.54, 1.807) is 25.2 Å². The maximum absolute atomic E-state index is 9.72. The van der Waals surface area contributed by atoms with Gasteiger partial charge in [-0.2, -0.15) is 4.98 Å². The predicted octanol–water partition coefficient (Wildman–Crippen LogP) is 3.33. The molecule has 2 aromatic heterocycles. The van der Waals surface area contributed by atoms with Crippen LogP contribution in [-0.4, -0.2) is 46.8 Å². The molecule has 1 aliphatic heterocycles. The summed E-state index contributed by atoms with van der Waals surface area (Å²) in [6, 6.07) is 12.8. The van der Waals surface area contributed by atoms with E-state index in [0.29, 0.717) is 0 Å². The summed E-state index contributed by atoms with van der Waals surface area (Å²) >= 11 is 1.70. The molecule has 3 aromatic rings. The molecule has 0 atom stereocenters. The summed E-state index contributed by atoms with van der Waals surface area (Å²) in [4.78, 5) is 11.5. The van der Waals surface area contributed by atoms with Crippen molar-refractivity contribution in [3.8, 4) is 11.8 Å². The normalized spacial score (nSPS) is 15.7. The van der Waals surface area contributed by atoms with Crippen molar-refractivity contribution in [2.45, 2.75) is 26.0 Å². The summed E-state index contributed by atoms with van der Waals surface area (Å²) in [5.41, 5.74) is 0.798. The molecule has 4 rings (SSSR count). The van der Waals surface area contributed by atoms with Crippen molar-refractivity contribution in [1.82, 2.24) is 9.88 Å². The lowest BCUT2D eigenvalue weighted by Gasteiger charge is -2.33. The van der Waals surface area contributed by atoms with E-state index in [-0.39, 0.29) is 0 Å². The van der Waals surface area contributed by atoms with Gasteiger partial charge in [0.05, 0.1) is 4.88 Å². The van der Waals surface area contributed by atoms with Gasteiger partial charge in [-0.15, -0.1) is 11.3 Å². The fraction of sp³-hybridized carbons (Fsp3) is 0.381. The molecule has 1 N–H and O–H groups in total. The van der Waals surface area contributed by atoms with Crippen LogP contribution < -0.4 is 4.90 Å². The van der Waals surface area contributed by atoms with E-state index in [1.165, 1.54) is 4.88 Å². The number of rotatable bonds is 3. The van der Waals surface area contributed by atoms with Gasteiger partial charge >= 0.3 is 0 Å². The number of anilines is 1. The molecule has 1 aliphatic rings. The van der Waals surface area contributed by atoms with Crippen LogP contribution in [0.25, 0.3) is 11.1 Å². The molecular weight excluding hydrogens is 358 g/mol. The van der Waals surface area contributed by atoms with Crippen LogP contribution in [-0.2, 0) is 6.54 Å². The van der Waals surface area contributed by atoms with Crippen molar-refractivity contribution in [3.05, 3.63) is 46.2 Å². The van der Waals surface area contributed by atoms with Gasteiger partial charge in [-0.05, 0) is 38.1 Å². The average Bonchev–Trinajstić information content (AvgIpc) is 3.26. The standard InChI is InChI=1S/C21H23N3O2S/c1-21(2,25)10-9-16-7-8-17(27-16)15-23-11-13-24(14-12-23)20-22-18-5-3-4-6-19(18)26-20/h3-8,25H,11-15H2,1-2H3. The lowest BCUT2D eigenvalue weighted by molar-refractivity contribution is 0.143. The van der Waals surface area contributed by atoms with Crippen LogP contribution in [0.3, 0.4) is 0 Å². The van der Waals surface area contributed by atoms with Crippen LogP contribution in [0.4, 0.5) is 6.01 Å². The van der Waals surface area contributed by atoms with Gasteiger partial charge in [0.15, 0.2) is 5.58 Å². The first-order chi connectivity index (χ1) is 13.0. The fourth-order valence-electron chi connectivity index (χ4n) is 3.06. The molecule has 1 aromatic carbocycles. The van der Waals surface area contributed by atoms with Crippen molar-refractivity contribution in [2.24, 2.45) is 0 Å². The van der Waals surface area contributed by atoms with Crippen LogP contribution in [0.5, 0.6) is 0 Å². The number of hydrogen-bond donors (Lipinski definition) is 1. The van der Waals surface area contributed by atoms with Crippen LogP contribution in [0.1, 0.15) is 23.6 Å². The number of aromatic nitrogens is 1. The summed E-state index contributed by atoms with van der Waals surface area (Å²) < 4.78 is 5.88. The molecule has 0 bridgehead atoms. The molecule has 1 fully saturated rings. The molecule has 6 heteroatoms. The van der Waals surface area contributed by atoms with Crippen molar-refractivity contribution in [3.63, 3.8) is 0 Å². The van der Waals surface area contributed by atoms with Crippen LogP contribution in [0, 0.1) is 11.8 Å². The highest BCUT2D eigenvalue weighted by Crippen LogP contribution is 2.24. The van der Waals surface area contributed by atoms with E-state index < -0.39 is 5.60 Å². The topological polar surface area (TPSA) is 52.7 Å². The zero-order valence-corrected chi connectivity index (χ0v) is 16.4. The third-order valence-corrected chi connectivity index (χ3v) is 5.44. The molecule has 3 heterocycles. The largest absolute Gasteiger partial charge is 0.423 e. The quantitative estimate of drug-likeness (QED) is 0.706. The number of aliphatic hydroxyl groups is 1. The Morgan fingerprint density at radius 2 is 1.93 bits per heavy atom. The minimum Gasteiger partial charge on any atom is -0.423 e. The minimum absolute atomic E-state index is 0.719. The summed E-state index contributed by atoms with van der Waals surface area (Å²) in [5.74, 6) is 5.92. The van der Waals surface area contributed by atoms with Crippen molar-refractivity contribution < 1.29 is 9.52 Å². The Morgan fingerprint density at radius 3 is 2.67 bits per heavy atom. The van der Waals surface area contributed by atoms with Crippen LogP contribution in [0.15, 0.2) is 40.8 Å². The highest BCUT2D eigenvalue weighted by molar-refractivity contribution is 7.12. The number of fused-ring (bicyclic) bond motifs is 1. The first-order valence-corrected chi connectivity index (χ1v) is 9.95. The second-order valence-electron chi connectivity index (χ2n) is 7.30. The molecule has 0 saturated carbocycles. The summed E-state index contributed by atoms with van der Waals surface area (Å²) in [6.45, 7) is 8.09. The van der Waals surface area contributed by atoms with Gasteiger partial charge < -0.3 is 14.4 Å². The fourth-order valence-corrected chi connectivity index (χ4v) is 3.96. The van der Waals surface area contributed by atoms with Crippen LogP contribution in [0.2, 0.25) is 0 Å². The Kier molecular flexibility index (Phi) is 4.92. The Bertz CT molecular complexity index is 949. The van der Waals surface area contributed by atoms with Gasteiger partial charge in [0, 0.05) is 37.6 Å². The lowest BCUT2D eigenvalue weighted by Crippen LogP contribution is -2.46. The predicted molar refractivity (Wildman–Crippen MR) is 109 cm³/mol. The van der Waals surface area contributed by atoms with E-state index in [0.717, 1.165) is 54.7 Å². The van der Waals surface area contributed by atoms with Gasteiger partial charge in [0.25, 0.3) is 6.01 Å². The monoisotopic (exact) mass is 381 g/mol. The SMILES string of the molecule is CC(C)(O)C#Cc1ccc(CN2CCN(c3nc4ccccc4o3)CC2)s1. The Balaban J connectivity index is 1.34. The Hall–Kier alpha value is -2.33. The number of para-hydroxylation sites is 2. The first-order valence-electron chi connectivity index (χ1n) is 9.13. The molecule has 5 nitrogen and oxygen atoms in total. The Morgan fingerprint density at radius 1 is 1.15 bits per heavy atom. The first kappa shape index (κ1) is 18.1. The van der Waals surface area contributed by atoms with Crippen molar-refractivity contribution in [1.29, 1.82) is 0 Å². The average molecular weight is 382 g/mol. The molecule has 0 radical (unpaired) electrons. The molecule has 0 amide bonds. The molecule has 1 saturated heterocycles. The van der Waals surface area contributed by atoms with Gasteiger partial charge in [-0.1, -0.05) is 24.0 Å². The molecule has 27 heavy (non-hydrogen) atoms. The number of nitrogens with zero attached hydrogens (tertiary/aromatic N) is 3. The van der Waals surface area contributed by atoms with E-state index in [2.05, 4.69) is 32.7 Å². The molecule has 0 aliphatic carbocycles. The van der Waals surface area contributed by atoms with Gasteiger partial charge in [0.1, 0.15) is 11.1 Å². The number of piperazine rings is 1. The van der Waals surface area contributed by atoms with E-state index in [1.807, 2.05) is 30.3 Å². The third kappa shape index (κ3) is 4.51. The number of thiophene rings is 1. The lowest BCUT2D eigenvalue weighted by atomic mass is 10.1. The second kappa shape index (κ2) is 7.35. The summed E-state index contributed by atoms with van der Waals surface area (Å²) in [7, 11) is 0. The van der Waals surface area contributed by atoms with E-state index in [4.69, 9.17) is 4.42 Å². The van der Waals surface area contributed by atoms with Crippen LogP contribution >= 0.6 is 11.3 Å². The zero-order chi connectivity index (χ0) is 18.9. The molecule has 0 unspecified atom stereocenters. The van der Waals surface area contributed by atoms with E-state index in [9.17, 15) is 5.11 Å². The molecular formula is C21H23N3O2S. The van der Waals surface area contributed by atoms with E-state index >= 15 is 0 Å². The van der Waals surface area contributed by atoms with Gasteiger partial charge in [0.2, 0.25) is 0 Å². The maximum atomic E-state index is 9.72. The van der Waals surface area contributed by atoms with Gasteiger partial charge in [-0.25, -0.2) is 0 Å². The zero-order valence-electron chi connectivity index (χ0n) is 15.6. The van der Waals surface area contributed by atoms with Crippen molar-refractivity contribution in [2.75, 3.05) is 31.1 Å². The van der Waals surface area contributed by atoms with Gasteiger partial charge in [-0.3, -0.25) is 4.90 Å². The second-order valence-corrected chi connectivity index (χ2v) is 8.47. The minimum atomic E-state index is -0.953. The number of hydrogen-bond acceptors (Lipinski definition) is 6. The Labute approximate surface area is 163 Å². The smallest absolute Gasteiger partial charge is 0.298 e. The highest BCUT2D eigenvalue weighted by Gasteiger charge is 2.21. The number of benzene rings is 1. The molecule has 0 spiro atoms. The highest BCUT2D eigenvalue weighted by atomic mass is 32.1. The third-order valence-electron chi connectivity index (χ3n) is 4.46. The summed E-state index contributed by atoms with van der Waals surface area (Å²) in [6.07, 6.45) is 0. The van der Waals surface area contributed by atoms with Crippen molar-refractivity contribution >= 4 is 28.5 Å². The number of oxazole rings is 1. The molecule has 140 valence electrons. The maximum Gasteiger partial charge on any atom is 0.298 e.